The summed E-state index contributed by atoms with van der Waals surface area (Å²) in [5, 5.41) is 33.8. The summed E-state index contributed by atoms with van der Waals surface area (Å²) >= 11 is 0. The Morgan fingerprint density at radius 2 is 2.17 bits per heavy atom. The fraction of sp³-hybridized carbons (Fsp3) is 0.529. The first-order chi connectivity index (χ1) is 11.1. The average Bonchev–Trinajstić information content (AvgIpc) is 2.76. The Kier molecular flexibility index (Phi) is 4.85. The number of carboxylic acids is 1. The number of nitrogens with zero attached hydrogens (tertiary/aromatic N) is 2. The number of hydrogen-bond donors (Lipinski definition) is 3. The van der Waals surface area contributed by atoms with Crippen LogP contribution in [0.25, 0.3) is 0 Å². The lowest BCUT2D eigenvalue weighted by atomic mass is 10.0. The van der Waals surface area contributed by atoms with E-state index >= 15 is 0 Å². The minimum Gasteiger partial charge on any atom is -0.478 e. The lowest BCUT2D eigenvalue weighted by Crippen LogP contribution is -2.64. The fourth-order valence-corrected chi connectivity index (χ4v) is 2.84. The molecule has 1 unspecified atom stereocenters. The molecule has 0 bridgehead atoms. The van der Waals surface area contributed by atoms with E-state index in [1.54, 1.807) is 25.1 Å². The van der Waals surface area contributed by atoms with Gasteiger partial charge in [0.15, 0.2) is 5.75 Å². The summed E-state index contributed by atoms with van der Waals surface area (Å²) in [6, 6.07) is 6.41. The largest absolute Gasteiger partial charge is 0.478 e. The van der Waals surface area contributed by atoms with Gasteiger partial charge in [0.2, 0.25) is 0 Å². The molecule has 7 heteroatoms. The zero-order valence-corrected chi connectivity index (χ0v) is 14.3. The third-order valence-corrected chi connectivity index (χ3v) is 3.96. The molecule has 0 spiro atoms. The molecule has 1 fully saturated rings. The molecule has 1 saturated heterocycles. The van der Waals surface area contributed by atoms with E-state index in [4.69, 9.17) is 4.84 Å². The number of rotatable bonds is 4. The zero-order chi connectivity index (χ0) is 18.1. The standard InChI is InChI=1S/C17H23N3O4/c1-11-6-5-7-13(12(11)10-18)24-20-9-8-14(19-16(2,3)4)17(20,23)15(21)22/h5-7,14,19,23H,8-9H2,1-4H3,(H,21,22)/t14?,17-/m1/s1. The average molecular weight is 333 g/mol. The van der Waals surface area contributed by atoms with E-state index in [0.717, 1.165) is 10.6 Å². The van der Waals surface area contributed by atoms with Crippen molar-refractivity contribution in [2.24, 2.45) is 0 Å². The Balaban J connectivity index is 2.33. The molecule has 1 aliphatic heterocycles. The molecule has 1 aromatic rings. The van der Waals surface area contributed by atoms with Crippen molar-refractivity contribution in [2.75, 3.05) is 6.54 Å². The first-order valence-electron chi connectivity index (χ1n) is 7.78. The Bertz CT molecular complexity index is 677. The smallest absolute Gasteiger partial charge is 0.356 e. The van der Waals surface area contributed by atoms with Crippen LogP contribution in [0, 0.1) is 18.3 Å². The summed E-state index contributed by atoms with van der Waals surface area (Å²) in [5.74, 6) is -1.17. The van der Waals surface area contributed by atoms with Gasteiger partial charge in [-0.2, -0.15) is 5.26 Å². The van der Waals surface area contributed by atoms with Crippen LogP contribution in [-0.4, -0.2) is 45.1 Å². The molecule has 1 aromatic carbocycles. The van der Waals surface area contributed by atoms with Crippen LogP contribution in [0.1, 0.15) is 38.3 Å². The molecule has 1 aliphatic rings. The quantitative estimate of drug-likeness (QED) is 0.764. The number of hydrogen-bond acceptors (Lipinski definition) is 6. The van der Waals surface area contributed by atoms with Gasteiger partial charge in [0.25, 0.3) is 5.72 Å². The minimum absolute atomic E-state index is 0.218. The van der Waals surface area contributed by atoms with Crippen molar-refractivity contribution in [3.63, 3.8) is 0 Å². The molecule has 0 aliphatic carbocycles. The van der Waals surface area contributed by atoms with Crippen molar-refractivity contribution < 1.29 is 19.8 Å². The highest BCUT2D eigenvalue weighted by Crippen LogP contribution is 2.32. The fourth-order valence-electron chi connectivity index (χ4n) is 2.84. The Labute approximate surface area is 141 Å². The Morgan fingerprint density at radius 3 is 2.71 bits per heavy atom. The number of carbonyl (C=O) groups is 1. The van der Waals surface area contributed by atoms with Crippen LogP contribution >= 0.6 is 0 Å². The highest BCUT2D eigenvalue weighted by molar-refractivity contribution is 5.78. The van der Waals surface area contributed by atoms with Crippen molar-refractivity contribution in [1.82, 2.24) is 10.4 Å². The highest BCUT2D eigenvalue weighted by Gasteiger charge is 2.56. The van der Waals surface area contributed by atoms with Crippen molar-refractivity contribution in [1.29, 1.82) is 5.26 Å². The topological polar surface area (TPSA) is 106 Å². The van der Waals surface area contributed by atoms with Gasteiger partial charge in [-0.1, -0.05) is 17.2 Å². The maximum absolute atomic E-state index is 11.8. The molecular weight excluding hydrogens is 310 g/mol. The first-order valence-corrected chi connectivity index (χ1v) is 7.78. The van der Waals surface area contributed by atoms with Crippen molar-refractivity contribution in [3.8, 4) is 11.8 Å². The summed E-state index contributed by atoms with van der Waals surface area (Å²) in [6.45, 7) is 7.67. The van der Waals surface area contributed by atoms with Crippen LogP contribution in [0.2, 0.25) is 0 Å². The molecule has 0 aromatic heterocycles. The summed E-state index contributed by atoms with van der Waals surface area (Å²) in [4.78, 5) is 17.4. The number of carboxylic acid groups (broad SMARTS) is 1. The van der Waals surface area contributed by atoms with Gasteiger partial charge >= 0.3 is 5.97 Å². The predicted molar refractivity (Wildman–Crippen MR) is 87.1 cm³/mol. The summed E-state index contributed by atoms with van der Waals surface area (Å²) in [6.07, 6.45) is 0.397. The molecule has 130 valence electrons. The van der Waals surface area contributed by atoms with Gasteiger partial charge in [-0.25, -0.2) is 4.79 Å². The van der Waals surface area contributed by atoms with Crippen LogP contribution in [0.5, 0.6) is 5.75 Å². The van der Waals surface area contributed by atoms with E-state index in [0.29, 0.717) is 12.0 Å². The predicted octanol–water partition coefficient (Wildman–Crippen LogP) is 1.40. The van der Waals surface area contributed by atoms with Gasteiger partial charge in [0, 0.05) is 12.1 Å². The van der Waals surface area contributed by atoms with E-state index in [-0.39, 0.29) is 17.8 Å². The van der Waals surface area contributed by atoms with Gasteiger partial charge in [0.1, 0.15) is 6.07 Å². The number of aliphatic carboxylic acids is 1. The van der Waals surface area contributed by atoms with Gasteiger partial charge in [-0.15, -0.1) is 0 Å². The van der Waals surface area contributed by atoms with Crippen molar-refractivity contribution >= 4 is 5.97 Å². The van der Waals surface area contributed by atoms with Crippen LogP contribution in [0.4, 0.5) is 0 Å². The number of nitriles is 1. The van der Waals surface area contributed by atoms with E-state index < -0.39 is 17.7 Å². The molecule has 0 radical (unpaired) electrons. The van der Waals surface area contributed by atoms with Gasteiger partial charge in [-0.3, -0.25) is 0 Å². The molecule has 0 amide bonds. The third-order valence-electron chi connectivity index (χ3n) is 3.96. The van der Waals surface area contributed by atoms with E-state index in [2.05, 4.69) is 5.32 Å². The maximum atomic E-state index is 11.8. The van der Waals surface area contributed by atoms with Crippen molar-refractivity contribution in [3.05, 3.63) is 29.3 Å². The lowest BCUT2D eigenvalue weighted by molar-refractivity contribution is -0.235. The summed E-state index contributed by atoms with van der Waals surface area (Å²) in [5.41, 5.74) is -1.55. The second-order valence-electron chi connectivity index (χ2n) is 7.02. The van der Waals surface area contributed by atoms with E-state index in [1.165, 1.54) is 0 Å². The Morgan fingerprint density at radius 1 is 1.50 bits per heavy atom. The SMILES string of the molecule is Cc1cccc(ON2CCC(NC(C)(C)C)[C@@]2(O)C(=O)O)c1C#N. The molecule has 24 heavy (non-hydrogen) atoms. The van der Waals surface area contributed by atoms with Gasteiger partial charge < -0.3 is 20.4 Å². The molecule has 0 saturated carbocycles. The van der Waals surface area contributed by atoms with Crippen LogP contribution in [-0.2, 0) is 4.79 Å². The van der Waals surface area contributed by atoms with E-state index in [9.17, 15) is 20.3 Å². The van der Waals surface area contributed by atoms with Gasteiger partial charge in [0.05, 0.1) is 11.6 Å². The number of nitrogens with one attached hydrogen (secondary N) is 1. The number of hydroxylamine groups is 2. The summed E-state index contributed by atoms with van der Waals surface area (Å²) < 4.78 is 0. The first kappa shape index (κ1) is 18.2. The lowest BCUT2D eigenvalue weighted by Gasteiger charge is -2.36. The highest BCUT2D eigenvalue weighted by atomic mass is 16.7. The Hall–Kier alpha value is -2.14. The number of aryl methyl sites for hydroxylation is 1. The second-order valence-corrected chi connectivity index (χ2v) is 7.02. The van der Waals surface area contributed by atoms with Crippen molar-refractivity contribution in [2.45, 2.75) is 51.4 Å². The molecule has 1 heterocycles. The second kappa shape index (κ2) is 6.40. The van der Waals surface area contributed by atoms with Crippen LogP contribution < -0.4 is 10.2 Å². The third kappa shape index (κ3) is 3.36. The monoisotopic (exact) mass is 333 g/mol. The van der Waals surface area contributed by atoms with Crippen LogP contribution in [0.3, 0.4) is 0 Å². The number of aliphatic hydroxyl groups is 1. The van der Waals surface area contributed by atoms with Crippen LogP contribution in [0.15, 0.2) is 18.2 Å². The molecule has 2 atom stereocenters. The normalized spacial score (nSPS) is 24.6. The van der Waals surface area contributed by atoms with E-state index in [1.807, 2.05) is 26.8 Å². The maximum Gasteiger partial charge on any atom is 0.356 e. The minimum atomic E-state index is -2.22. The molecule has 7 nitrogen and oxygen atoms in total. The summed E-state index contributed by atoms with van der Waals surface area (Å²) in [7, 11) is 0. The zero-order valence-electron chi connectivity index (χ0n) is 14.3. The molecule has 3 N–H and O–H groups in total. The molecular formula is C17H23N3O4. The van der Waals surface area contributed by atoms with Gasteiger partial charge in [-0.05, 0) is 45.7 Å². The molecule has 2 rings (SSSR count). The number of benzene rings is 1.